The second-order valence-electron chi connectivity index (χ2n) is 8.15. The van der Waals surface area contributed by atoms with Crippen LogP contribution in [0.25, 0.3) is 0 Å². The van der Waals surface area contributed by atoms with Gasteiger partial charge < -0.3 is 20.0 Å². The van der Waals surface area contributed by atoms with Crippen LogP contribution in [0.2, 0.25) is 0 Å². The maximum atomic E-state index is 14.4. The normalized spacial score (nSPS) is 13.2. The predicted octanol–water partition coefficient (Wildman–Crippen LogP) is 3.84. The van der Waals surface area contributed by atoms with E-state index in [2.05, 4.69) is 6.58 Å². The van der Waals surface area contributed by atoms with Gasteiger partial charge >= 0.3 is 6.18 Å². The van der Waals surface area contributed by atoms with Crippen LogP contribution in [0, 0.1) is 11.2 Å². The Morgan fingerprint density at radius 3 is 2.34 bits per heavy atom. The standard InChI is InChI=1S/C25H24F4N4O2/c1-4-11-33-15-18(13-22(33)23(34)32(2)3)24(35,25(27,28)29)17-5-10-21(16(12-17)14-30)31-20-8-6-19(26)7-9-20/h4-10,12-15,30-31,35H,1,11H2,2-3H3/p+1. The van der Waals surface area contributed by atoms with E-state index in [1.165, 1.54) is 60.0 Å². The molecule has 184 valence electrons. The van der Waals surface area contributed by atoms with Crippen molar-refractivity contribution in [3.05, 3.63) is 95.6 Å². The summed E-state index contributed by atoms with van der Waals surface area (Å²) in [5, 5.41) is 20.4. The fraction of sp³-hybridized carbons (Fsp3) is 0.200. The van der Waals surface area contributed by atoms with Gasteiger partial charge in [-0.2, -0.15) is 13.2 Å². The molecule has 0 saturated carbocycles. The number of amides is 1. The van der Waals surface area contributed by atoms with Crippen LogP contribution in [-0.4, -0.2) is 47.0 Å². The van der Waals surface area contributed by atoms with Crippen molar-refractivity contribution < 1.29 is 32.8 Å². The first kappa shape index (κ1) is 25.9. The van der Waals surface area contributed by atoms with Crippen LogP contribution in [0.1, 0.15) is 27.2 Å². The summed E-state index contributed by atoms with van der Waals surface area (Å²) in [6.45, 7) is 3.63. The summed E-state index contributed by atoms with van der Waals surface area (Å²) in [5.41, 5.74) is -3.44. The zero-order valence-corrected chi connectivity index (χ0v) is 19.1. The molecular weight excluding hydrogens is 464 g/mol. The Hall–Kier alpha value is -3.76. The molecule has 0 fully saturated rings. The average Bonchev–Trinajstić information content (AvgIpc) is 3.23. The van der Waals surface area contributed by atoms with Crippen molar-refractivity contribution >= 4 is 23.5 Å². The zero-order chi connectivity index (χ0) is 26.0. The van der Waals surface area contributed by atoms with Crippen molar-refractivity contribution in [1.82, 2.24) is 9.47 Å². The van der Waals surface area contributed by atoms with Crippen molar-refractivity contribution in [1.29, 1.82) is 5.41 Å². The zero-order valence-electron chi connectivity index (χ0n) is 19.1. The number of hydrogen-bond acceptors (Lipinski definition) is 3. The summed E-state index contributed by atoms with van der Waals surface area (Å²) in [5.74, 6) is -0.970. The van der Waals surface area contributed by atoms with E-state index >= 15 is 0 Å². The third-order valence-corrected chi connectivity index (χ3v) is 5.53. The van der Waals surface area contributed by atoms with Gasteiger partial charge in [-0.1, -0.05) is 6.08 Å². The van der Waals surface area contributed by atoms with E-state index < -0.39 is 34.6 Å². The van der Waals surface area contributed by atoms with Gasteiger partial charge in [-0.15, -0.1) is 6.58 Å². The van der Waals surface area contributed by atoms with Gasteiger partial charge in [-0.05, 0) is 35.9 Å². The van der Waals surface area contributed by atoms with Gasteiger partial charge in [-0.3, -0.25) is 10.1 Å². The fourth-order valence-corrected chi connectivity index (χ4v) is 3.70. The Labute approximate surface area is 199 Å². The number of halogens is 4. The molecule has 0 aliphatic heterocycles. The average molecular weight is 489 g/mol. The molecule has 0 radical (unpaired) electrons. The highest BCUT2D eigenvalue weighted by Gasteiger charge is 2.57. The molecule has 0 saturated heterocycles. The molecule has 2 aromatic carbocycles. The van der Waals surface area contributed by atoms with Crippen LogP contribution in [0.4, 0.5) is 28.9 Å². The second-order valence-corrected chi connectivity index (χ2v) is 8.15. The molecule has 3 aromatic rings. The van der Waals surface area contributed by atoms with Crippen LogP contribution >= 0.6 is 0 Å². The van der Waals surface area contributed by atoms with Crippen molar-refractivity contribution in [3.8, 4) is 0 Å². The number of carbonyl (C=O) groups excluding carboxylic acids is 1. The topological polar surface area (TPSA) is 85.9 Å². The molecule has 0 bridgehead atoms. The summed E-state index contributed by atoms with van der Waals surface area (Å²) in [6, 6.07) is 10.0. The number of hydrogen-bond donors (Lipinski definition) is 3. The lowest BCUT2D eigenvalue weighted by Gasteiger charge is -2.30. The largest absolute Gasteiger partial charge is 0.425 e. The smallest absolute Gasteiger partial charge is 0.372 e. The first-order valence-electron chi connectivity index (χ1n) is 10.5. The number of benzene rings is 2. The van der Waals surface area contributed by atoms with E-state index in [1.807, 2.05) is 0 Å². The molecule has 1 amide bonds. The molecule has 1 atom stereocenters. The molecule has 1 unspecified atom stereocenters. The summed E-state index contributed by atoms with van der Waals surface area (Å²) in [7, 11) is 2.94. The van der Waals surface area contributed by atoms with Gasteiger partial charge in [0.1, 0.15) is 22.9 Å². The van der Waals surface area contributed by atoms with Gasteiger partial charge in [-0.25, -0.2) is 4.39 Å². The highest BCUT2D eigenvalue weighted by atomic mass is 19.4. The quantitative estimate of drug-likeness (QED) is 0.194. The van der Waals surface area contributed by atoms with Crippen molar-refractivity contribution in [2.45, 2.75) is 18.3 Å². The van der Waals surface area contributed by atoms with Crippen LogP contribution in [-0.2, 0) is 12.1 Å². The molecular formula is C25H25F4N4O2+. The molecule has 3 rings (SSSR count). The minimum Gasteiger partial charge on any atom is -0.372 e. The fourth-order valence-electron chi connectivity index (χ4n) is 3.70. The Bertz CT molecular complexity index is 1250. The number of nitrogens with two attached hydrogens (primary N) is 1. The first-order valence-corrected chi connectivity index (χ1v) is 10.5. The molecule has 4 N–H and O–H groups in total. The highest BCUT2D eigenvalue weighted by molar-refractivity contribution is 5.93. The molecule has 0 spiro atoms. The number of aromatic nitrogens is 1. The lowest BCUT2D eigenvalue weighted by molar-refractivity contribution is -0.478. The summed E-state index contributed by atoms with van der Waals surface area (Å²) in [6.07, 6.45) is -1.77. The number of quaternary nitrogens is 1. The maximum absolute atomic E-state index is 14.4. The molecule has 0 aliphatic rings. The van der Waals surface area contributed by atoms with Gasteiger partial charge in [0.05, 0.1) is 5.56 Å². The number of nitrogens with one attached hydrogen (secondary N) is 1. The highest BCUT2D eigenvalue weighted by Crippen LogP contribution is 2.45. The van der Waals surface area contributed by atoms with Crippen LogP contribution in [0.5, 0.6) is 0 Å². The van der Waals surface area contributed by atoms with Crippen LogP contribution in [0.3, 0.4) is 0 Å². The Morgan fingerprint density at radius 2 is 1.80 bits per heavy atom. The summed E-state index contributed by atoms with van der Waals surface area (Å²) < 4.78 is 57.7. The van der Waals surface area contributed by atoms with E-state index in [-0.39, 0.29) is 17.8 Å². The molecule has 1 aromatic heterocycles. The number of rotatable bonds is 8. The van der Waals surface area contributed by atoms with Gasteiger partial charge in [0.15, 0.2) is 0 Å². The minimum atomic E-state index is -5.15. The van der Waals surface area contributed by atoms with Crippen molar-refractivity contribution in [2.75, 3.05) is 14.1 Å². The molecule has 1 heterocycles. The van der Waals surface area contributed by atoms with Gasteiger partial charge in [0.25, 0.3) is 5.91 Å². The first-order chi connectivity index (χ1) is 16.4. The summed E-state index contributed by atoms with van der Waals surface area (Å²) >= 11 is 0. The van der Waals surface area contributed by atoms with Crippen molar-refractivity contribution in [3.63, 3.8) is 0 Å². The Morgan fingerprint density at radius 1 is 1.14 bits per heavy atom. The lowest BCUT2D eigenvalue weighted by atomic mass is 9.86. The van der Waals surface area contributed by atoms with Crippen molar-refractivity contribution in [2.24, 2.45) is 0 Å². The van der Waals surface area contributed by atoms with E-state index in [1.54, 1.807) is 5.32 Å². The number of nitrogens with zero attached hydrogens (tertiary/aromatic N) is 2. The number of carbonyl (C=O) groups is 1. The summed E-state index contributed by atoms with van der Waals surface area (Å²) in [4.78, 5) is 13.8. The maximum Gasteiger partial charge on any atom is 0.425 e. The van der Waals surface area contributed by atoms with E-state index in [0.717, 1.165) is 30.6 Å². The van der Waals surface area contributed by atoms with Crippen LogP contribution in [0.15, 0.2) is 67.4 Å². The molecule has 10 heteroatoms. The number of allylic oxidation sites excluding steroid dienone is 1. The third kappa shape index (κ3) is 5.03. The Kier molecular flexibility index (Phi) is 7.27. The van der Waals surface area contributed by atoms with Gasteiger partial charge in [0.2, 0.25) is 5.60 Å². The van der Waals surface area contributed by atoms with Gasteiger partial charge in [0, 0.05) is 56.8 Å². The predicted molar refractivity (Wildman–Crippen MR) is 124 cm³/mol. The molecule has 35 heavy (non-hydrogen) atoms. The van der Waals surface area contributed by atoms with E-state index in [0.29, 0.717) is 11.4 Å². The second kappa shape index (κ2) is 9.85. The van der Waals surface area contributed by atoms with E-state index in [9.17, 15) is 27.5 Å². The lowest BCUT2D eigenvalue weighted by Crippen LogP contribution is -2.71. The molecule has 6 nitrogen and oxygen atoms in total. The minimum absolute atomic E-state index is 0.0406. The van der Waals surface area contributed by atoms with E-state index in [4.69, 9.17) is 5.41 Å². The third-order valence-electron chi connectivity index (χ3n) is 5.53. The molecule has 0 aliphatic carbocycles. The number of alkyl halides is 3. The Balaban J connectivity index is 2.14. The monoisotopic (exact) mass is 489 g/mol. The van der Waals surface area contributed by atoms with Crippen LogP contribution < -0.4 is 5.32 Å². The number of aliphatic hydroxyl groups is 1. The SMILES string of the molecule is C=CCn1cc(C(O)(c2ccc([NH2+]c3ccc(F)cc3)c(C=N)c2)C(F)(F)F)cc1C(=O)N(C)C.